The molecule has 2 saturated heterocycles. The maximum atomic E-state index is 13.4. The average molecular weight is 489 g/mol. The number of ether oxygens (including phenoxy) is 2. The van der Waals surface area contributed by atoms with E-state index in [1.807, 2.05) is 20.8 Å². The molecule has 0 amide bonds. The molecule has 0 spiro atoms. The van der Waals surface area contributed by atoms with Crippen LogP contribution in [-0.2, 0) is 28.6 Å². The summed E-state index contributed by atoms with van der Waals surface area (Å²) in [6.07, 6.45) is 9.54. The normalized spacial score (nSPS) is 59.1. The van der Waals surface area contributed by atoms with Gasteiger partial charge in [-0.15, -0.1) is 0 Å². The van der Waals surface area contributed by atoms with Crippen molar-refractivity contribution in [3.05, 3.63) is 12.2 Å². The standard InChI is InChI=1S/C27H36O6S/c1-27(2,3)32-26(28)22-14-9-15(23(22)33-34(4,29)30)21-20(14)24-18-12-8-13(19(18)25(21)31-24)17-11-6-5-10(7-11)16(12)17/h5-6,10-25H,7-9H2,1-4H3. The zero-order valence-corrected chi connectivity index (χ0v) is 21.2. The van der Waals surface area contributed by atoms with E-state index in [0.717, 1.165) is 48.2 Å². The second kappa shape index (κ2) is 6.31. The number of esters is 1. The van der Waals surface area contributed by atoms with Gasteiger partial charge in [-0.25, -0.2) is 0 Å². The number of carbonyl (C=O) groups is 1. The van der Waals surface area contributed by atoms with Crippen LogP contribution in [0.25, 0.3) is 0 Å². The van der Waals surface area contributed by atoms with Crippen molar-refractivity contribution in [1.82, 2.24) is 0 Å². The van der Waals surface area contributed by atoms with Gasteiger partial charge in [0.1, 0.15) is 5.60 Å². The smallest absolute Gasteiger partial charge is 0.312 e. The van der Waals surface area contributed by atoms with Gasteiger partial charge in [0.15, 0.2) is 0 Å². The van der Waals surface area contributed by atoms with Crippen LogP contribution in [0.5, 0.6) is 0 Å². The lowest BCUT2D eigenvalue weighted by Crippen LogP contribution is -2.54. The lowest BCUT2D eigenvalue weighted by molar-refractivity contribution is -0.168. The SMILES string of the molecule is CC(C)(C)OC(=O)C1C2CC(C1OS(C)(=O)=O)C1C3OC(C21)C1C2CC(C4C5C=CC(C5)C24)C31. The number of fused-ring (bicyclic) bond motifs is 23. The second-order valence-corrected chi connectivity index (χ2v) is 15.5. The van der Waals surface area contributed by atoms with E-state index in [1.54, 1.807) is 0 Å². The summed E-state index contributed by atoms with van der Waals surface area (Å²) in [6, 6.07) is 0. The first kappa shape index (κ1) is 21.2. The molecule has 34 heavy (non-hydrogen) atoms. The predicted molar refractivity (Wildman–Crippen MR) is 123 cm³/mol. The molecule has 186 valence electrons. The summed E-state index contributed by atoms with van der Waals surface area (Å²) in [7, 11) is -3.68. The van der Waals surface area contributed by atoms with Gasteiger partial charge in [0.2, 0.25) is 0 Å². The number of hydrogen-bond acceptors (Lipinski definition) is 6. The first-order valence-electron chi connectivity index (χ1n) is 13.5. The monoisotopic (exact) mass is 488 g/mol. The van der Waals surface area contributed by atoms with Gasteiger partial charge in [0, 0.05) is 0 Å². The summed E-state index contributed by atoms with van der Waals surface area (Å²) in [5, 5.41) is 0. The zero-order valence-electron chi connectivity index (χ0n) is 20.4. The van der Waals surface area contributed by atoms with Crippen molar-refractivity contribution in [1.29, 1.82) is 0 Å². The van der Waals surface area contributed by atoms with Gasteiger partial charge in [0.05, 0.1) is 30.5 Å². The Bertz CT molecular complexity index is 1090. The lowest BCUT2D eigenvalue weighted by atomic mass is 9.54. The fourth-order valence-electron chi connectivity index (χ4n) is 11.5. The van der Waals surface area contributed by atoms with Gasteiger partial charge in [0.25, 0.3) is 10.1 Å². The van der Waals surface area contributed by atoms with Crippen LogP contribution in [0.1, 0.15) is 40.0 Å². The molecule has 6 aliphatic carbocycles. The molecule has 6 nitrogen and oxygen atoms in total. The quantitative estimate of drug-likeness (QED) is 0.263. The van der Waals surface area contributed by atoms with Crippen molar-refractivity contribution < 1.29 is 26.9 Å². The van der Waals surface area contributed by atoms with Crippen LogP contribution < -0.4 is 0 Å². The summed E-state index contributed by atoms with van der Waals surface area (Å²) in [4.78, 5) is 13.4. The number of carbonyl (C=O) groups excluding carboxylic acids is 1. The van der Waals surface area contributed by atoms with E-state index in [2.05, 4.69) is 12.2 Å². The number of hydrogen-bond donors (Lipinski definition) is 0. The Kier molecular flexibility index (Phi) is 3.93. The molecule has 0 aromatic carbocycles. The zero-order chi connectivity index (χ0) is 23.5. The van der Waals surface area contributed by atoms with Gasteiger partial charge < -0.3 is 9.47 Å². The van der Waals surface area contributed by atoms with Crippen LogP contribution in [0, 0.1) is 76.9 Å². The Morgan fingerprint density at radius 1 is 0.824 bits per heavy atom. The lowest BCUT2D eigenvalue weighted by Gasteiger charge is -2.49. The highest BCUT2D eigenvalue weighted by Gasteiger charge is 2.79. The largest absolute Gasteiger partial charge is 0.460 e. The van der Waals surface area contributed by atoms with E-state index < -0.39 is 27.7 Å². The Hall–Kier alpha value is -0.920. The molecule has 5 saturated carbocycles. The van der Waals surface area contributed by atoms with Crippen molar-refractivity contribution in [2.45, 2.75) is 63.9 Å². The van der Waals surface area contributed by atoms with Crippen molar-refractivity contribution in [2.24, 2.45) is 76.9 Å². The minimum atomic E-state index is -3.68. The van der Waals surface area contributed by atoms with E-state index in [9.17, 15) is 13.2 Å². The highest BCUT2D eigenvalue weighted by molar-refractivity contribution is 7.86. The van der Waals surface area contributed by atoms with Crippen LogP contribution in [0.2, 0.25) is 0 Å². The van der Waals surface area contributed by atoms with Crippen molar-refractivity contribution >= 4 is 16.1 Å². The molecule has 8 aliphatic rings. The molecule has 8 rings (SSSR count). The van der Waals surface area contributed by atoms with Crippen molar-refractivity contribution in [2.75, 3.05) is 6.26 Å². The van der Waals surface area contributed by atoms with Crippen LogP contribution in [0.15, 0.2) is 12.2 Å². The predicted octanol–water partition coefficient (Wildman–Crippen LogP) is 3.27. The Morgan fingerprint density at radius 2 is 1.35 bits per heavy atom. The van der Waals surface area contributed by atoms with Gasteiger partial charge in [-0.2, -0.15) is 8.42 Å². The second-order valence-electron chi connectivity index (χ2n) is 13.9. The summed E-state index contributed by atoms with van der Waals surface area (Å²) in [5.74, 6) is 6.09. The molecular weight excluding hydrogens is 452 g/mol. The summed E-state index contributed by atoms with van der Waals surface area (Å²) in [5.41, 5.74) is -0.612. The molecule has 0 radical (unpaired) electrons. The molecule has 7 heteroatoms. The maximum Gasteiger partial charge on any atom is 0.312 e. The molecular formula is C27H36O6S. The molecule has 0 aromatic rings. The van der Waals surface area contributed by atoms with Crippen LogP contribution >= 0.6 is 0 Å². The van der Waals surface area contributed by atoms with Crippen LogP contribution in [-0.4, -0.2) is 44.6 Å². The van der Waals surface area contributed by atoms with Gasteiger partial charge in [-0.05, 0) is 111 Å². The van der Waals surface area contributed by atoms with Crippen molar-refractivity contribution in [3.63, 3.8) is 0 Å². The van der Waals surface area contributed by atoms with E-state index >= 15 is 0 Å². The van der Waals surface area contributed by atoms with Gasteiger partial charge in [-0.1, -0.05) is 12.2 Å². The van der Waals surface area contributed by atoms with E-state index in [4.69, 9.17) is 13.7 Å². The molecule has 2 aliphatic heterocycles. The highest BCUT2D eigenvalue weighted by atomic mass is 32.2. The molecule has 16 atom stereocenters. The number of allylic oxidation sites excluding steroid dienone is 2. The first-order valence-corrected chi connectivity index (χ1v) is 15.3. The minimum Gasteiger partial charge on any atom is -0.460 e. The first-order chi connectivity index (χ1) is 16.0. The fourth-order valence-corrected chi connectivity index (χ4v) is 12.2. The highest BCUT2D eigenvalue weighted by Crippen LogP contribution is 2.77. The van der Waals surface area contributed by atoms with Crippen LogP contribution in [0.4, 0.5) is 0 Å². The Balaban J connectivity index is 1.14. The third kappa shape index (κ3) is 2.50. The van der Waals surface area contributed by atoms with Crippen molar-refractivity contribution in [3.8, 4) is 0 Å². The summed E-state index contributed by atoms with van der Waals surface area (Å²) >= 11 is 0. The van der Waals surface area contributed by atoms with E-state index in [-0.39, 0.29) is 30.0 Å². The fraction of sp³-hybridized carbons (Fsp3) is 0.889. The molecule has 7 fully saturated rings. The van der Waals surface area contributed by atoms with E-state index in [1.165, 1.54) is 12.8 Å². The molecule has 0 aromatic heterocycles. The van der Waals surface area contributed by atoms with Crippen LogP contribution in [0.3, 0.4) is 0 Å². The molecule has 0 N–H and O–H groups in total. The minimum absolute atomic E-state index is 0.0630. The third-order valence-corrected chi connectivity index (χ3v) is 12.1. The summed E-state index contributed by atoms with van der Waals surface area (Å²) in [6.45, 7) is 5.61. The average Bonchev–Trinajstić information content (AvgIpc) is 3.55. The number of rotatable bonds is 3. The molecule has 16 unspecified atom stereocenters. The van der Waals surface area contributed by atoms with Gasteiger partial charge >= 0.3 is 5.97 Å². The summed E-state index contributed by atoms with van der Waals surface area (Å²) < 4.78 is 42.8. The Morgan fingerprint density at radius 3 is 1.91 bits per heavy atom. The van der Waals surface area contributed by atoms with Gasteiger partial charge in [-0.3, -0.25) is 8.98 Å². The Labute approximate surface area is 202 Å². The van der Waals surface area contributed by atoms with E-state index in [0.29, 0.717) is 23.7 Å². The maximum absolute atomic E-state index is 13.4. The molecule has 8 bridgehead atoms. The molecule has 2 heterocycles. The topological polar surface area (TPSA) is 78.9 Å². The third-order valence-electron chi connectivity index (χ3n) is 11.6.